The van der Waals surface area contributed by atoms with E-state index in [2.05, 4.69) is 9.97 Å². The summed E-state index contributed by atoms with van der Waals surface area (Å²) in [7, 11) is 0. The number of amides is 1. The predicted octanol–water partition coefficient (Wildman–Crippen LogP) is -0.0873. The minimum Gasteiger partial charge on any atom is -0.389 e. The summed E-state index contributed by atoms with van der Waals surface area (Å²) in [6.45, 7) is 3.41. The molecule has 120 valence electrons. The van der Waals surface area contributed by atoms with Gasteiger partial charge in [-0.15, -0.1) is 0 Å². The van der Waals surface area contributed by atoms with Gasteiger partial charge in [0.05, 0.1) is 12.3 Å². The minimum absolute atomic E-state index is 0.0315. The Hall–Kier alpha value is -1.73. The van der Waals surface area contributed by atoms with Gasteiger partial charge in [0.25, 0.3) is 0 Å². The molecule has 0 bridgehead atoms. The summed E-state index contributed by atoms with van der Waals surface area (Å²) in [5.74, 6) is 0.911. The monoisotopic (exact) mass is 306 g/mol. The van der Waals surface area contributed by atoms with Crippen molar-refractivity contribution in [2.75, 3.05) is 44.3 Å². The van der Waals surface area contributed by atoms with Gasteiger partial charge < -0.3 is 19.6 Å². The Kier molecular flexibility index (Phi) is 4.84. The van der Waals surface area contributed by atoms with Gasteiger partial charge in [0, 0.05) is 57.7 Å². The van der Waals surface area contributed by atoms with E-state index in [9.17, 15) is 9.90 Å². The van der Waals surface area contributed by atoms with Crippen molar-refractivity contribution < 1.29 is 14.6 Å². The fraction of sp³-hybridized carbons (Fsp3) is 0.667. The SMILES string of the molecule is O=C(C1CCOCC1)N1CCN(c2cnccn2)C[C@@H](O)C1. The summed E-state index contributed by atoms with van der Waals surface area (Å²) in [6.07, 6.45) is 5.92. The summed E-state index contributed by atoms with van der Waals surface area (Å²) in [6, 6.07) is 0. The van der Waals surface area contributed by atoms with Crippen LogP contribution in [0.1, 0.15) is 12.8 Å². The highest BCUT2D eigenvalue weighted by Gasteiger charge is 2.30. The number of rotatable bonds is 2. The molecule has 3 heterocycles. The number of carbonyl (C=O) groups is 1. The van der Waals surface area contributed by atoms with Gasteiger partial charge in [-0.05, 0) is 12.8 Å². The topological polar surface area (TPSA) is 78.8 Å². The lowest BCUT2D eigenvalue weighted by Crippen LogP contribution is -2.42. The Morgan fingerprint density at radius 3 is 2.77 bits per heavy atom. The van der Waals surface area contributed by atoms with Crippen molar-refractivity contribution in [3.05, 3.63) is 18.6 Å². The maximum atomic E-state index is 12.6. The van der Waals surface area contributed by atoms with E-state index in [0.717, 1.165) is 18.7 Å². The quantitative estimate of drug-likeness (QED) is 0.823. The Labute approximate surface area is 129 Å². The van der Waals surface area contributed by atoms with Crippen LogP contribution in [0.5, 0.6) is 0 Å². The Balaban J connectivity index is 1.65. The van der Waals surface area contributed by atoms with E-state index in [1.807, 2.05) is 4.90 Å². The number of hydrogen-bond acceptors (Lipinski definition) is 6. The summed E-state index contributed by atoms with van der Waals surface area (Å²) in [5, 5.41) is 10.2. The summed E-state index contributed by atoms with van der Waals surface area (Å²) < 4.78 is 5.31. The zero-order valence-corrected chi connectivity index (χ0v) is 12.6. The van der Waals surface area contributed by atoms with Crippen LogP contribution in [0, 0.1) is 5.92 Å². The van der Waals surface area contributed by atoms with Crippen molar-refractivity contribution >= 4 is 11.7 Å². The van der Waals surface area contributed by atoms with Crippen molar-refractivity contribution in [1.29, 1.82) is 0 Å². The second-order valence-electron chi connectivity index (χ2n) is 5.83. The third-order valence-corrected chi connectivity index (χ3v) is 4.26. The van der Waals surface area contributed by atoms with Crippen molar-refractivity contribution in [3.63, 3.8) is 0 Å². The van der Waals surface area contributed by atoms with Crippen molar-refractivity contribution in [2.24, 2.45) is 5.92 Å². The van der Waals surface area contributed by atoms with Gasteiger partial charge in [0.2, 0.25) is 5.91 Å². The Morgan fingerprint density at radius 2 is 2.05 bits per heavy atom. The van der Waals surface area contributed by atoms with Gasteiger partial charge >= 0.3 is 0 Å². The number of nitrogens with zero attached hydrogens (tertiary/aromatic N) is 4. The molecule has 1 aromatic heterocycles. The molecule has 0 unspecified atom stereocenters. The van der Waals surface area contributed by atoms with E-state index in [1.54, 1.807) is 23.5 Å². The first-order valence-electron chi connectivity index (χ1n) is 7.79. The molecule has 2 aliphatic heterocycles. The molecule has 2 saturated heterocycles. The molecule has 7 nitrogen and oxygen atoms in total. The van der Waals surface area contributed by atoms with Gasteiger partial charge in [-0.25, -0.2) is 4.98 Å². The zero-order valence-electron chi connectivity index (χ0n) is 12.6. The highest BCUT2D eigenvalue weighted by molar-refractivity contribution is 5.79. The number of aliphatic hydroxyl groups is 1. The van der Waals surface area contributed by atoms with E-state index in [-0.39, 0.29) is 11.8 Å². The molecule has 1 amide bonds. The van der Waals surface area contributed by atoms with Crippen molar-refractivity contribution in [1.82, 2.24) is 14.9 Å². The van der Waals surface area contributed by atoms with E-state index >= 15 is 0 Å². The van der Waals surface area contributed by atoms with Gasteiger partial charge in [-0.3, -0.25) is 9.78 Å². The number of anilines is 1. The van der Waals surface area contributed by atoms with Gasteiger partial charge in [0.1, 0.15) is 5.82 Å². The molecule has 2 aliphatic rings. The molecule has 0 radical (unpaired) electrons. The second-order valence-corrected chi connectivity index (χ2v) is 5.83. The lowest BCUT2D eigenvalue weighted by Gasteiger charge is -2.29. The van der Waals surface area contributed by atoms with Crippen LogP contribution in [-0.4, -0.2) is 71.4 Å². The predicted molar refractivity (Wildman–Crippen MR) is 80.4 cm³/mol. The highest BCUT2D eigenvalue weighted by atomic mass is 16.5. The first-order chi connectivity index (χ1) is 10.7. The average Bonchev–Trinajstić information content (AvgIpc) is 2.77. The van der Waals surface area contributed by atoms with Crippen LogP contribution < -0.4 is 4.90 Å². The first-order valence-corrected chi connectivity index (χ1v) is 7.79. The number of aliphatic hydroxyl groups excluding tert-OH is 1. The zero-order chi connectivity index (χ0) is 15.4. The van der Waals surface area contributed by atoms with Gasteiger partial charge in [-0.1, -0.05) is 0 Å². The lowest BCUT2D eigenvalue weighted by atomic mass is 9.98. The molecule has 0 saturated carbocycles. The first kappa shape index (κ1) is 15.2. The average molecular weight is 306 g/mol. The maximum absolute atomic E-state index is 12.6. The fourth-order valence-electron chi connectivity index (χ4n) is 3.06. The molecule has 7 heteroatoms. The molecule has 1 N–H and O–H groups in total. The largest absolute Gasteiger partial charge is 0.389 e. The van der Waals surface area contributed by atoms with Crippen LogP contribution in [0.2, 0.25) is 0 Å². The van der Waals surface area contributed by atoms with Crippen LogP contribution in [0.3, 0.4) is 0 Å². The van der Waals surface area contributed by atoms with E-state index in [1.165, 1.54) is 0 Å². The molecule has 2 fully saturated rings. The molecule has 1 aromatic rings. The summed E-state index contributed by atoms with van der Waals surface area (Å²) >= 11 is 0. The third-order valence-electron chi connectivity index (χ3n) is 4.26. The molecular formula is C15H22N4O3. The van der Waals surface area contributed by atoms with Crippen LogP contribution in [0.25, 0.3) is 0 Å². The highest BCUT2D eigenvalue weighted by Crippen LogP contribution is 2.20. The molecule has 3 rings (SSSR count). The lowest BCUT2D eigenvalue weighted by molar-refractivity contribution is -0.139. The molecule has 0 aromatic carbocycles. The molecule has 0 spiro atoms. The number of aromatic nitrogens is 2. The molecule has 1 atom stereocenters. The fourth-order valence-corrected chi connectivity index (χ4v) is 3.06. The van der Waals surface area contributed by atoms with Crippen molar-refractivity contribution in [3.8, 4) is 0 Å². The van der Waals surface area contributed by atoms with Crippen molar-refractivity contribution in [2.45, 2.75) is 18.9 Å². The van der Waals surface area contributed by atoms with Gasteiger partial charge in [-0.2, -0.15) is 0 Å². The molecule has 22 heavy (non-hydrogen) atoms. The Morgan fingerprint density at radius 1 is 1.23 bits per heavy atom. The number of β-amino-alcohol motifs (C(OH)–C–C–N with tert-alkyl or cyclic N) is 1. The summed E-state index contributed by atoms with van der Waals surface area (Å²) in [5.41, 5.74) is 0. The smallest absolute Gasteiger partial charge is 0.226 e. The van der Waals surface area contributed by atoms with E-state index < -0.39 is 6.10 Å². The summed E-state index contributed by atoms with van der Waals surface area (Å²) in [4.78, 5) is 24.7. The number of carbonyl (C=O) groups excluding carboxylic acids is 1. The second kappa shape index (κ2) is 7.02. The van der Waals surface area contributed by atoms with E-state index in [4.69, 9.17) is 4.74 Å². The number of ether oxygens (including phenoxy) is 1. The Bertz CT molecular complexity index is 493. The third kappa shape index (κ3) is 3.53. The molecular weight excluding hydrogens is 284 g/mol. The van der Waals surface area contributed by atoms with Crippen LogP contribution in [-0.2, 0) is 9.53 Å². The maximum Gasteiger partial charge on any atom is 0.226 e. The van der Waals surface area contributed by atoms with Crippen LogP contribution in [0.15, 0.2) is 18.6 Å². The minimum atomic E-state index is -0.576. The number of hydrogen-bond donors (Lipinski definition) is 1. The normalized spacial score (nSPS) is 24.1. The molecule has 0 aliphatic carbocycles. The van der Waals surface area contributed by atoms with E-state index in [0.29, 0.717) is 39.4 Å². The van der Waals surface area contributed by atoms with Crippen LogP contribution >= 0.6 is 0 Å². The van der Waals surface area contributed by atoms with Gasteiger partial charge in [0.15, 0.2) is 0 Å². The standard InChI is InChI=1S/C15H22N4O3/c20-13-10-18(14-9-16-3-4-17-14)5-6-19(11-13)15(21)12-1-7-22-8-2-12/h3-4,9,12-13,20H,1-2,5-8,10-11H2/t13-/m1/s1. The van der Waals surface area contributed by atoms with Crippen LogP contribution in [0.4, 0.5) is 5.82 Å².